The van der Waals surface area contributed by atoms with Crippen LogP contribution in [0.1, 0.15) is 22.8 Å². The normalized spacial score (nSPS) is 11.4. The predicted octanol–water partition coefficient (Wildman–Crippen LogP) is 2.52. The second-order valence-electron chi connectivity index (χ2n) is 6.11. The van der Waals surface area contributed by atoms with Crippen molar-refractivity contribution in [1.29, 1.82) is 0 Å². The highest BCUT2D eigenvalue weighted by Crippen LogP contribution is 2.28. The predicted molar refractivity (Wildman–Crippen MR) is 101 cm³/mol. The minimum absolute atomic E-state index is 0.00927. The van der Waals surface area contributed by atoms with Crippen LogP contribution in [-0.2, 0) is 16.1 Å². The molecule has 1 N–H and O–H groups in total. The summed E-state index contributed by atoms with van der Waals surface area (Å²) in [4.78, 5) is 36.6. The molecular weight excluding hydrogens is 350 g/mol. The van der Waals surface area contributed by atoms with Crippen LogP contribution in [0.2, 0.25) is 0 Å². The highest BCUT2D eigenvalue weighted by atomic mass is 16.6. The number of benzene rings is 2. The first-order chi connectivity index (χ1) is 12.8. The van der Waals surface area contributed by atoms with Crippen molar-refractivity contribution in [3.63, 3.8) is 0 Å². The van der Waals surface area contributed by atoms with E-state index in [1.54, 1.807) is 19.0 Å². The lowest BCUT2D eigenvalue weighted by atomic mass is 10.1. The minimum atomic E-state index is -1.03. The summed E-state index contributed by atoms with van der Waals surface area (Å²) in [5, 5.41) is 13.9. The van der Waals surface area contributed by atoms with Gasteiger partial charge in [0.15, 0.2) is 6.10 Å². The fraction of sp³-hybridized carbons (Fsp3) is 0.263. The Kier molecular flexibility index (Phi) is 6.48. The second kappa shape index (κ2) is 8.79. The van der Waals surface area contributed by atoms with E-state index >= 15 is 0 Å². The number of carbonyl (C=O) groups is 2. The largest absolute Gasteiger partial charge is 0.449 e. The van der Waals surface area contributed by atoms with Crippen LogP contribution in [0, 0.1) is 10.1 Å². The van der Waals surface area contributed by atoms with Crippen LogP contribution in [0.4, 0.5) is 11.4 Å². The Morgan fingerprint density at radius 2 is 1.85 bits per heavy atom. The number of nitrogens with one attached hydrogen (secondary N) is 1. The van der Waals surface area contributed by atoms with E-state index in [2.05, 4.69) is 5.32 Å². The van der Waals surface area contributed by atoms with Crippen LogP contribution in [-0.4, -0.2) is 37.0 Å². The van der Waals surface area contributed by atoms with Crippen LogP contribution in [0.15, 0.2) is 48.5 Å². The Labute approximate surface area is 156 Å². The molecule has 0 aliphatic heterocycles. The maximum atomic E-state index is 12.3. The van der Waals surface area contributed by atoms with E-state index in [1.165, 1.54) is 19.1 Å². The smallest absolute Gasteiger partial charge is 0.339 e. The highest BCUT2D eigenvalue weighted by Gasteiger charge is 2.22. The maximum absolute atomic E-state index is 12.3. The molecule has 8 heteroatoms. The second-order valence-corrected chi connectivity index (χ2v) is 6.11. The minimum Gasteiger partial charge on any atom is -0.449 e. The van der Waals surface area contributed by atoms with Crippen LogP contribution < -0.4 is 10.2 Å². The number of rotatable bonds is 7. The standard InChI is InChI=1S/C19H21N3O5/c1-13(18(23)20-12-14-7-5-4-6-8-14)27-19(24)15-9-10-16(21(2)3)17(11-15)22(25)26/h4-11,13H,12H2,1-3H3,(H,20,23). The number of amides is 1. The fourth-order valence-electron chi connectivity index (χ4n) is 2.39. The molecule has 8 nitrogen and oxygen atoms in total. The molecule has 0 saturated carbocycles. The van der Waals surface area contributed by atoms with Gasteiger partial charge in [-0.05, 0) is 24.6 Å². The Balaban J connectivity index is 2.02. The fourth-order valence-corrected chi connectivity index (χ4v) is 2.39. The molecule has 1 amide bonds. The Bertz CT molecular complexity index is 836. The molecule has 1 unspecified atom stereocenters. The first-order valence-corrected chi connectivity index (χ1v) is 8.28. The average Bonchev–Trinajstić information content (AvgIpc) is 2.66. The third-order valence-electron chi connectivity index (χ3n) is 3.85. The molecule has 2 aromatic rings. The summed E-state index contributed by atoms with van der Waals surface area (Å²) in [6, 6.07) is 13.4. The molecule has 0 saturated heterocycles. The summed E-state index contributed by atoms with van der Waals surface area (Å²) in [7, 11) is 3.33. The first kappa shape index (κ1) is 19.9. The molecule has 0 spiro atoms. The van der Waals surface area contributed by atoms with Crippen molar-refractivity contribution in [3.8, 4) is 0 Å². The molecule has 0 aromatic heterocycles. The van der Waals surface area contributed by atoms with Gasteiger partial charge in [0, 0.05) is 26.7 Å². The van der Waals surface area contributed by atoms with Gasteiger partial charge >= 0.3 is 5.97 Å². The summed E-state index contributed by atoms with van der Waals surface area (Å²) in [5.41, 5.74) is 1.08. The molecule has 27 heavy (non-hydrogen) atoms. The van der Waals surface area contributed by atoms with Gasteiger partial charge in [0.2, 0.25) is 0 Å². The molecule has 0 fully saturated rings. The van der Waals surface area contributed by atoms with E-state index in [9.17, 15) is 19.7 Å². The van der Waals surface area contributed by atoms with E-state index in [-0.39, 0.29) is 11.3 Å². The number of carbonyl (C=O) groups excluding carboxylic acids is 2. The summed E-state index contributed by atoms with van der Waals surface area (Å²) in [6.45, 7) is 1.76. The summed E-state index contributed by atoms with van der Waals surface area (Å²) in [5.74, 6) is -1.25. The summed E-state index contributed by atoms with van der Waals surface area (Å²) in [6.07, 6.45) is -1.03. The van der Waals surface area contributed by atoms with Crippen molar-refractivity contribution in [2.75, 3.05) is 19.0 Å². The van der Waals surface area contributed by atoms with Crippen LogP contribution >= 0.6 is 0 Å². The van der Waals surface area contributed by atoms with Gasteiger partial charge < -0.3 is 15.0 Å². The molecule has 1 atom stereocenters. The van der Waals surface area contributed by atoms with E-state index < -0.39 is 22.9 Å². The zero-order valence-corrected chi connectivity index (χ0v) is 15.3. The molecule has 0 radical (unpaired) electrons. The first-order valence-electron chi connectivity index (χ1n) is 8.28. The van der Waals surface area contributed by atoms with Crippen molar-refractivity contribution in [2.24, 2.45) is 0 Å². The number of nitrogens with zero attached hydrogens (tertiary/aromatic N) is 2. The van der Waals surface area contributed by atoms with E-state index in [0.29, 0.717) is 12.2 Å². The number of hydrogen-bond acceptors (Lipinski definition) is 6. The van der Waals surface area contributed by atoms with Crippen LogP contribution in [0.25, 0.3) is 0 Å². The SMILES string of the molecule is CC(OC(=O)c1ccc(N(C)C)c([N+](=O)[O-])c1)C(=O)NCc1ccccc1. The number of ether oxygens (including phenoxy) is 1. The topological polar surface area (TPSA) is 102 Å². The Morgan fingerprint density at radius 3 is 2.44 bits per heavy atom. The van der Waals surface area contributed by atoms with Gasteiger partial charge in [0.1, 0.15) is 5.69 Å². The van der Waals surface area contributed by atoms with Gasteiger partial charge in [0.05, 0.1) is 10.5 Å². The van der Waals surface area contributed by atoms with Crippen molar-refractivity contribution >= 4 is 23.3 Å². The summed E-state index contributed by atoms with van der Waals surface area (Å²) >= 11 is 0. The molecular formula is C19H21N3O5. The molecule has 0 bridgehead atoms. The molecule has 0 heterocycles. The lowest BCUT2D eigenvalue weighted by Gasteiger charge is -2.15. The van der Waals surface area contributed by atoms with E-state index in [0.717, 1.165) is 11.6 Å². The van der Waals surface area contributed by atoms with Crippen LogP contribution in [0.3, 0.4) is 0 Å². The zero-order valence-electron chi connectivity index (χ0n) is 15.3. The number of esters is 1. The number of anilines is 1. The quantitative estimate of drug-likeness (QED) is 0.456. The van der Waals surface area contributed by atoms with Gasteiger partial charge in [-0.3, -0.25) is 14.9 Å². The molecule has 0 aliphatic rings. The van der Waals surface area contributed by atoms with Gasteiger partial charge in [-0.1, -0.05) is 30.3 Å². The summed E-state index contributed by atoms with van der Waals surface area (Å²) < 4.78 is 5.13. The van der Waals surface area contributed by atoms with Gasteiger partial charge in [-0.25, -0.2) is 4.79 Å². The highest BCUT2D eigenvalue weighted by molar-refractivity contribution is 5.93. The molecule has 142 valence electrons. The van der Waals surface area contributed by atoms with Crippen molar-refractivity contribution < 1.29 is 19.2 Å². The number of nitro groups is 1. The zero-order chi connectivity index (χ0) is 20.0. The third kappa shape index (κ3) is 5.27. The average molecular weight is 371 g/mol. The van der Waals surface area contributed by atoms with Crippen molar-refractivity contribution in [2.45, 2.75) is 19.6 Å². The van der Waals surface area contributed by atoms with E-state index in [4.69, 9.17) is 4.74 Å². The maximum Gasteiger partial charge on any atom is 0.339 e. The molecule has 2 aromatic carbocycles. The monoisotopic (exact) mass is 371 g/mol. The van der Waals surface area contributed by atoms with Gasteiger partial charge in [-0.2, -0.15) is 0 Å². The van der Waals surface area contributed by atoms with Gasteiger partial charge in [-0.15, -0.1) is 0 Å². The Hall–Kier alpha value is -3.42. The number of nitro benzene ring substituents is 1. The lowest BCUT2D eigenvalue weighted by Crippen LogP contribution is -2.35. The third-order valence-corrected chi connectivity index (χ3v) is 3.85. The molecule has 0 aliphatic carbocycles. The van der Waals surface area contributed by atoms with Crippen molar-refractivity contribution in [3.05, 3.63) is 69.8 Å². The number of hydrogen-bond donors (Lipinski definition) is 1. The Morgan fingerprint density at radius 1 is 1.19 bits per heavy atom. The van der Waals surface area contributed by atoms with Gasteiger partial charge in [0.25, 0.3) is 11.6 Å². The molecule has 2 rings (SSSR count). The van der Waals surface area contributed by atoms with Crippen molar-refractivity contribution in [1.82, 2.24) is 5.32 Å². The lowest BCUT2D eigenvalue weighted by molar-refractivity contribution is -0.384. The van der Waals surface area contributed by atoms with E-state index in [1.807, 2.05) is 30.3 Å². The van der Waals surface area contributed by atoms with Crippen LogP contribution in [0.5, 0.6) is 0 Å².